The summed E-state index contributed by atoms with van der Waals surface area (Å²) in [6.45, 7) is 2.10. The third kappa shape index (κ3) is 1.43. The molecule has 3 unspecified atom stereocenters. The molecule has 2 aliphatic heterocycles. The molecule has 0 bridgehead atoms. The number of fused-ring (bicyclic) bond motifs is 1. The van der Waals surface area contributed by atoms with E-state index in [1.54, 1.807) is 0 Å². The SMILES string of the molecule is CN1C(=O)N(C2CCCNC2)C2CCCC21. The van der Waals surface area contributed by atoms with Gasteiger partial charge >= 0.3 is 6.03 Å². The van der Waals surface area contributed by atoms with Crippen molar-refractivity contribution < 1.29 is 4.79 Å². The predicted molar refractivity (Wildman–Crippen MR) is 62.3 cm³/mol. The number of nitrogens with one attached hydrogen (secondary N) is 1. The maximum absolute atomic E-state index is 12.2. The predicted octanol–water partition coefficient (Wildman–Crippen LogP) is 1.03. The third-order valence-electron chi connectivity index (χ3n) is 4.49. The van der Waals surface area contributed by atoms with Gasteiger partial charge in [0.1, 0.15) is 0 Å². The van der Waals surface area contributed by atoms with E-state index in [0.29, 0.717) is 18.1 Å². The van der Waals surface area contributed by atoms with E-state index in [9.17, 15) is 4.79 Å². The molecular formula is C12H21N3O. The van der Waals surface area contributed by atoms with Gasteiger partial charge in [-0.25, -0.2) is 4.79 Å². The number of hydrogen-bond donors (Lipinski definition) is 1. The Kier molecular flexibility index (Phi) is 2.54. The molecule has 3 aliphatic rings. The first-order chi connectivity index (χ1) is 7.79. The lowest BCUT2D eigenvalue weighted by Crippen LogP contribution is -2.50. The van der Waals surface area contributed by atoms with Crippen LogP contribution in [0.2, 0.25) is 0 Å². The molecule has 4 heteroatoms. The van der Waals surface area contributed by atoms with Crippen LogP contribution in [0, 0.1) is 0 Å². The molecule has 90 valence electrons. The van der Waals surface area contributed by atoms with Crippen LogP contribution in [0.3, 0.4) is 0 Å². The Hall–Kier alpha value is -0.770. The zero-order valence-corrected chi connectivity index (χ0v) is 9.98. The molecule has 16 heavy (non-hydrogen) atoms. The summed E-state index contributed by atoms with van der Waals surface area (Å²) in [4.78, 5) is 16.4. The molecule has 0 aromatic rings. The lowest BCUT2D eigenvalue weighted by atomic mass is 10.0. The Balaban J connectivity index is 1.79. The van der Waals surface area contributed by atoms with Crippen LogP contribution in [0.15, 0.2) is 0 Å². The summed E-state index contributed by atoms with van der Waals surface area (Å²) in [5.74, 6) is 0. The van der Waals surface area contributed by atoms with Crippen molar-refractivity contribution in [1.82, 2.24) is 15.1 Å². The number of rotatable bonds is 1. The maximum atomic E-state index is 12.2. The molecule has 1 aliphatic carbocycles. The summed E-state index contributed by atoms with van der Waals surface area (Å²) in [6.07, 6.45) is 6.07. The van der Waals surface area contributed by atoms with Gasteiger partial charge in [0, 0.05) is 19.6 Å². The fourth-order valence-electron chi connectivity index (χ4n) is 3.66. The highest BCUT2D eigenvalue weighted by atomic mass is 16.2. The average Bonchev–Trinajstić information content (AvgIpc) is 2.86. The Morgan fingerprint density at radius 2 is 2.00 bits per heavy atom. The molecule has 3 fully saturated rings. The van der Waals surface area contributed by atoms with Gasteiger partial charge in [-0.1, -0.05) is 0 Å². The van der Waals surface area contributed by atoms with E-state index in [2.05, 4.69) is 10.2 Å². The minimum absolute atomic E-state index is 0.267. The van der Waals surface area contributed by atoms with Crippen molar-refractivity contribution in [1.29, 1.82) is 0 Å². The zero-order chi connectivity index (χ0) is 11.1. The molecule has 0 spiro atoms. The van der Waals surface area contributed by atoms with Gasteiger partial charge in [0.15, 0.2) is 0 Å². The zero-order valence-electron chi connectivity index (χ0n) is 9.98. The standard InChI is InChI=1S/C12H21N3O/c1-14-10-5-2-6-11(10)15(12(14)16)9-4-3-7-13-8-9/h9-11,13H,2-8H2,1H3. The number of nitrogens with zero attached hydrogens (tertiary/aromatic N) is 2. The van der Waals surface area contributed by atoms with E-state index < -0.39 is 0 Å². The van der Waals surface area contributed by atoms with Crippen molar-refractivity contribution in [3.05, 3.63) is 0 Å². The van der Waals surface area contributed by atoms with Gasteiger partial charge in [0.2, 0.25) is 0 Å². The highest BCUT2D eigenvalue weighted by Crippen LogP contribution is 2.36. The van der Waals surface area contributed by atoms with Gasteiger partial charge < -0.3 is 15.1 Å². The summed E-state index contributed by atoms with van der Waals surface area (Å²) in [6, 6.07) is 1.71. The Labute approximate surface area is 97.0 Å². The molecule has 2 heterocycles. The molecule has 1 saturated carbocycles. The van der Waals surface area contributed by atoms with Gasteiger partial charge in [-0.15, -0.1) is 0 Å². The van der Waals surface area contributed by atoms with E-state index in [-0.39, 0.29) is 6.03 Å². The fraction of sp³-hybridized carbons (Fsp3) is 0.917. The van der Waals surface area contributed by atoms with E-state index in [1.165, 1.54) is 32.1 Å². The van der Waals surface area contributed by atoms with Crippen molar-refractivity contribution in [3.63, 3.8) is 0 Å². The lowest BCUT2D eigenvalue weighted by molar-refractivity contribution is 0.152. The van der Waals surface area contributed by atoms with E-state index in [1.807, 2.05) is 11.9 Å². The fourth-order valence-corrected chi connectivity index (χ4v) is 3.66. The first-order valence-electron chi connectivity index (χ1n) is 6.55. The van der Waals surface area contributed by atoms with Crippen molar-refractivity contribution in [3.8, 4) is 0 Å². The van der Waals surface area contributed by atoms with Crippen LogP contribution < -0.4 is 5.32 Å². The van der Waals surface area contributed by atoms with Gasteiger partial charge in [0.25, 0.3) is 0 Å². The van der Waals surface area contributed by atoms with Gasteiger partial charge in [-0.3, -0.25) is 0 Å². The van der Waals surface area contributed by atoms with Gasteiger partial charge in [0.05, 0.1) is 12.1 Å². The maximum Gasteiger partial charge on any atom is 0.320 e. The average molecular weight is 223 g/mol. The number of piperidine rings is 1. The third-order valence-corrected chi connectivity index (χ3v) is 4.49. The first kappa shape index (κ1) is 10.4. The molecule has 4 nitrogen and oxygen atoms in total. The van der Waals surface area contributed by atoms with Crippen LogP contribution in [0.25, 0.3) is 0 Å². The Bertz CT molecular complexity index is 288. The normalized spacial score (nSPS) is 39.3. The summed E-state index contributed by atoms with van der Waals surface area (Å²) in [5.41, 5.74) is 0. The van der Waals surface area contributed by atoms with Crippen LogP contribution in [0.1, 0.15) is 32.1 Å². The molecule has 3 rings (SSSR count). The monoisotopic (exact) mass is 223 g/mol. The molecule has 0 aromatic carbocycles. The van der Waals surface area contributed by atoms with E-state index >= 15 is 0 Å². The second-order valence-corrected chi connectivity index (χ2v) is 5.37. The number of carbonyl (C=O) groups excluding carboxylic acids is 1. The minimum Gasteiger partial charge on any atom is -0.323 e. The number of carbonyl (C=O) groups is 1. The van der Waals surface area contributed by atoms with Gasteiger partial charge in [-0.05, 0) is 38.6 Å². The molecule has 1 N–H and O–H groups in total. The van der Waals surface area contributed by atoms with Crippen LogP contribution in [0.4, 0.5) is 4.79 Å². The second-order valence-electron chi connectivity index (χ2n) is 5.37. The number of hydrogen-bond acceptors (Lipinski definition) is 2. The molecule has 0 aromatic heterocycles. The smallest absolute Gasteiger partial charge is 0.320 e. The number of likely N-dealkylation sites (N-methyl/N-ethyl adjacent to an activating group) is 1. The highest BCUT2D eigenvalue weighted by Gasteiger charge is 2.48. The topological polar surface area (TPSA) is 35.6 Å². The molecule has 2 amide bonds. The lowest BCUT2D eigenvalue weighted by Gasteiger charge is -2.34. The van der Waals surface area contributed by atoms with Crippen molar-refractivity contribution in [2.45, 2.75) is 50.2 Å². The van der Waals surface area contributed by atoms with E-state index in [0.717, 1.165) is 13.1 Å². The number of amides is 2. The van der Waals surface area contributed by atoms with Crippen molar-refractivity contribution in [2.24, 2.45) is 0 Å². The van der Waals surface area contributed by atoms with Crippen LogP contribution in [-0.4, -0.2) is 54.1 Å². The molecular weight excluding hydrogens is 202 g/mol. The number of urea groups is 1. The molecule has 2 saturated heterocycles. The summed E-state index contributed by atoms with van der Waals surface area (Å²) < 4.78 is 0. The summed E-state index contributed by atoms with van der Waals surface area (Å²) in [7, 11) is 1.97. The van der Waals surface area contributed by atoms with Crippen molar-refractivity contribution >= 4 is 6.03 Å². The summed E-state index contributed by atoms with van der Waals surface area (Å²) in [5, 5.41) is 3.41. The van der Waals surface area contributed by atoms with Crippen LogP contribution in [-0.2, 0) is 0 Å². The van der Waals surface area contributed by atoms with Crippen molar-refractivity contribution in [2.75, 3.05) is 20.1 Å². The van der Waals surface area contributed by atoms with Gasteiger partial charge in [-0.2, -0.15) is 0 Å². The van der Waals surface area contributed by atoms with Crippen LogP contribution >= 0.6 is 0 Å². The minimum atomic E-state index is 0.267. The van der Waals surface area contributed by atoms with Crippen LogP contribution in [0.5, 0.6) is 0 Å². The quantitative estimate of drug-likeness (QED) is 0.720. The first-order valence-corrected chi connectivity index (χ1v) is 6.55. The largest absolute Gasteiger partial charge is 0.323 e. The highest BCUT2D eigenvalue weighted by molar-refractivity contribution is 5.78. The summed E-state index contributed by atoms with van der Waals surface area (Å²) >= 11 is 0. The van der Waals surface area contributed by atoms with E-state index in [4.69, 9.17) is 0 Å². The Morgan fingerprint density at radius 1 is 1.19 bits per heavy atom. The molecule has 0 radical (unpaired) electrons. The second kappa shape index (κ2) is 3.91. The molecule has 3 atom stereocenters. The Morgan fingerprint density at radius 3 is 2.75 bits per heavy atom.